The lowest BCUT2D eigenvalue weighted by Crippen LogP contribution is -2.16. The summed E-state index contributed by atoms with van der Waals surface area (Å²) in [5, 5.41) is 3.20. The third kappa shape index (κ3) is 3.03. The highest BCUT2D eigenvalue weighted by Crippen LogP contribution is 2.07. The molecule has 0 saturated carbocycles. The van der Waals surface area contributed by atoms with Crippen molar-refractivity contribution in [2.75, 3.05) is 6.67 Å². The van der Waals surface area contributed by atoms with E-state index in [1.54, 1.807) is 0 Å². The number of allylic oxidation sites excluding steroid dienone is 3. The Labute approximate surface area is 67.7 Å². The summed E-state index contributed by atoms with van der Waals surface area (Å²) in [6, 6.07) is 0. The third-order valence-corrected chi connectivity index (χ3v) is 1.60. The van der Waals surface area contributed by atoms with E-state index in [4.69, 9.17) is 0 Å². The van der Waals surface area contributed by atoms with E-state index in [9.17, 15) is 0 Å². The molecule has 0 unspecified atom stereocenters. The standard InChI is InChI=1S/C9H14N2/c1-8(2)3-4-9-5-6-10-7-11-9/h5-6,11H,1,3-4,7H2,2H3. The maximum Gasteiger partial charge on any atom is 0.107 e. The van der Waals surface area contributed by atoms with Crippen LogP contribution in [0.25, 0.3) is 0 Å². The molecule has 60 valence electrons. The van der Waals surface area contributed by atoms with Crippen LogP contribution in [-0.2, 0) is 0 Å². The largest absolute Gasteiger partial charge is 0.370 e. The van der Waals surface area contributed by atoms with Crippen molar-refractivity contribution in [3.63, 3.8) is 0 Å². The smallest absolute Gasteiger partial charge is 0.107 e. The molecule has 0 fully saturated rings. The Morgan fingerprint density at radius 2 is 2.64 bits per heavy atom. The molecule has 0 amide bonds. The second-order valence-electron chi connectivity index (χ2n) is 2.82. The van der Waals surface area contributed by atoms with Gasteiger partial charge in [-0.1, -0.05) is 5.57 Å². The van der Waals surface area contributed by atoms with Gasteiger partial charge in [-0.3, -0.25) is 4.99 Å². The zero-order valence-electron chi connectivity index (χ0n) is 6.93. The van der Waals surface area contributed by atoms with Crippen LogP contribution in [0, 0.1) is 0 Å². The number of rotatable bonds is 3. The van der Waals surface area contributed by atoms with Gasteiger partial charge in [0.1, 0.15) is 6.67 Å². The predicted octanol–water partition coefficient (Wildman–Crippen LogP) is 1.86. The summed E-state index contributed by atoms with van der Waals surface area (Å²) >= 11 is 0. The minimum atomic E-state index is 0.724. The average Bonchev–Trinajstić information content (AvgIpc) is 2.03. The van der Waals surface area contributed by atoms with E-state index < -0.39 is 0 Å². The summed E-state index contributed by atoms with van der Waals surface area (Å²) in [6.07, 6.45) is 5.99. The number of nitrogens with one attached hydrogen (secondary N) is 1. The Bertz CT molecular complexity index is 202. The normalized spacial score (nSPS) is 15.5. The summed E-state index contributed by atoms with van der Waals surface area (Å²) in [5.74, 6) is 0. The van der Waals surface area contributed by atoms with E-state index in [0.717, 1.165) is 19.5 Å². The molecule has 0 saturated heterocycles. The molecule has 0 aliphatic carbocycles. The van der Waals surface area contributed by atoms with Gasteiger partial charge in [-0.25, -0.2) is 0 Å². The van der Waals surface area contributed by atoms with E-state index in [-0.39, 0.29) is 0 Å². The molecular formula is C9H14N2. The quantitative estimate of drug-likeness (QED) is 0.610. The third-order valence-electron chi connectivity index (χ3n) is 1.60. The molecule has 1 rings (SSSR count). The maximum atomic E-state index is 4.02. The monoisotopic (exact) mass is 150 g/mol. The highest BCUT2D eigenvalue weighted by Gasteiger charge is 1.97. The van der Waals surface area contributed by atoms with Crippen LogP contribution in [0.1, 0.15) is 19.8 Å². The van der Waals surface area contributed by atoms with Crippen LogP contribution < -0.4 is 5.32 Å². The minimum absolute atomic E-state index is 0.724. The summed E-state index contributed by atoms with van der Waals surface area (Å²) in [7, 11) is 0. The van der Waals surface area contributed by atoms with Gasteiger partial charge in [-0.2, -0.15) is 0 Å². The van der Waals surface area contributed by atoms with Gasteiger partial charge in [-0.05, 0) is 25.8 Å². The summed E-state index contributed by atoms with van der Waals surface area (Å²) in [4.78, 5) is 4.02. The Morgan fingerprint density at radius 1 is 1.82 bits per heavy atom. The first kappa shape index (κ1) is 8.05. The number of hydrogen-bond acceptors (Lipinski definition) is 2. The van der Waals surface area contributed by atoms with Gasteiger partial charge in [0.15, 0.2) is 0 Å². The lowest BCUT2D eigenvalue weighted by molar-refractivity contribution is 0.750. The predicted molar refractivity (Wildman–Crippen MR) is 48.6 cm³/mol. The van der Waals surface area contributed by atoms with Crippen molar-refractivity contribution in [2.45, 2.75) is 19.8 Å². The molecule has 1 heterocycles. The molecule has 2 heteroatoms. The van der Waals surface area contributed by atoms with E-state index in [1.165, 1.54) is 11.3 Å². The summed E-state index contributed by atoms with van der Waals surface area (Å²) in [6.45, 7) is 6.63. The first-order valence-electron chi connectivity index (χ1n) is 3.86. The van der Waals surface area contributed by atoms with Gasteiger partial charge >= 0.3 is 0 Å². The number of hydrogen-bond donors (Lipinski definition) is 1. The fourth-order valence-corrected chi connectivity index (χ4v) is 0.921. The van der Waals surface area contributed by atoms with E-state index in [1.807, 2.05) is 12.3 Å². The van der Waals surface area contributed by atoms with E-state index in [2.05, 4.69) is 23.8 Å². The van der Waals surface area contributed by atoms with Crippen molar-refractivity contribution in [2.24, 2.45) is 4.99 Å². The van der Waals surface area contributed by atoms with Gasteiger partial charge in [0, 0.05) is 11.9 Å². The molecule has 1 aliphatic heterocycles. The van der Waals surface area contributed by atoms with Crippen LogP contribution in [0.3, 0.4) is 0 Å². The lowest BCUT2D eigenvalue weighted by atomic mass is 10.1. The molecule has 0 radical (unpaired) electrons. The van der Waals surface area contributed by atoms with Crippen molar-refractivity contribution in [3.8, 4) is 0 Å². The molecular weight excluding hydrogens is 136 g/mol. The average molecular weight is 150 g/mol. The molecule has 1 N–H and O–H groups in total. The van der Waals surface area contributed by atoms with Crippen molar-refractivity contribution in [1.29, 1.82) is 0 Å². The second kappa shape index (κ2) is 3.96. The summed E-state index contributed by atoms with van der Waals surface area (Å²) < 4.78 is 0. The van der Waals surface area contributed by atoms with Gasteiger partial charge < -0.3 is 5.32 Å². The Balaban J connectivity index is 2.31. The van der Waals surface area contributed by atoms with Gasteiger partial charge in [0.25, 0.3) is 0 Å². The molecule has 0 atom stereocenters. The molecule has 0 aromatic rings. The molecule has 11 heavy (non-hydrogen) atoms. The fourth-order valence-electron chi connectivity index (χ4n) is 0.921. The summed E-state index contributed by atoms with van der Waals surface area (Å²) in [5.41, 5.74) is 2.50. The van der Waals surface area contributed by atoms with Crippen LogP contribution >= 0.6 is 0 Å². The van der Waals surface area contributed by atoms with Crippen molar-refractivity contribution >= 4 is 6.21 Å². The zero-order valence-corrected chi connectivity index (χ0v) is 6.93. The number of aliphatic imine (C=N–C) groups is 1. The molecule has 2 nitrogen and oxygen atoms in total. The van der Waals surface area contributed by atoms with Crippen LogP contribution in [0.2, 0.25) is 0 Å². The molecule has 1 aliphatic rings. The van der Waals surface area contributed by atoms with Crippen molar-refractivity contribution in [1.82, 2.24) is 5.32 Å². The zero-order chi connectivity index (χ0) is 8.10. The lowest BCUT2D eigenvalue weighted by Gasteiger charge is -2.10. The molecule has 0 bridgehead atoms. The Hall–Kier alpha value is -1.05. The van der Waals surface area contributed by atoms with Crippen molar-refractivity contribution in [3.05, 3.63) is 23.9 Å². The van der Waals surface area contributed by atoms with Crippen LogP contribution in [0.15, 0.2) is 28.9 Å². The first-order valence-corrected chi connectivity index (χ1v) is 3.86. The van der Waals surface area contributed by atoms with Crippen LogP contribution in [-0.4, -0.2) is 12.9 Å². The molecule has 0 spiro atoms. The highest BCUT2D eigenvalue weighted by atomic mass is 15.0. The van der Waals surface area contributed by atoms with Gasteiger partial charge in [-0.15, -0.1) is 6.58 Å². The van der Waals surface area contributed by atoms with E-state index in [0.29, 0.717) is 0 Å². The maximum absolute atomic E-state index is 4.02. The minimum Gasteiger partial charge on any atom is -0.370 e. The second-order valence-corrected chi connectivity index (χ2v) is 2.82. The van der Waals surface area contributed by atoms with Gasteiger partial charge in [0.05, 0.1) is 0 Å². The van der Waals surface area contributed by atoms with Crippen LogP contribution in [0.4, 0.5) is 0 Å². The Morgan fingerprint density at radius 3 is 3.18 bits per heavy atom. The SMILES string of the molecule is C=C(C)CCC1=CC=NCN1. The number of nitrogens with zero attached hydrogens (tertiary/aromatic N) is 1. The topological polar surface area (TPSA) is 24.4 Å². The molecule has 0 aromatic carbocycles. The van der Waals surface area contributed by atoms with Gasteiger partial charge in [0.2, 0.25) is 0 Å². The highest BCUT2D eigenvalue weighted by molar-refractivity contribution is 5.72. The van der Waals surface area contributed by atoms with Crippen LogP contribution in [0.5, 0.6) is 0 Å². The molecule has 0 aromatic heterocycles. The van der Waals surface area contributed by atoms with E-state index >= 15 is 0 Å². The fraction of sp³-hybridized carbons (Fsp3) is 0.444. The van der Waals surface area contributed by atoms with Crippen molar-refractivity contribution < 1.29 is 0 Å². The Kier molecular flexibility index (Phi) is 2.90. The first-order chi connectivity index (χ1) is 5.29.